The molecule has 15 heavy (non-hydrogen) atoms. The Bertz CT molecular complexity index is 362. The molecule has 5 heteroatoms. The van der Waals surface area contributed by atoms with E-state index in [9.17, 15) is 4.39 Å². The number of aromatic nitrogens is 3. The average molecular weight is 229 g/mol. The first-order valence-electron chi connectivity index (χ1n) is 5.40. The van der Waals surface area contributed by atoms with Crippen molar-refractivity contribution in [3.05, 3.63) is 11.4 Å². The molecule has 1 aliphatic rings. The molecule has 0 saturated heterocycles. The second-order valence-corrected chi connectivity index (χ2v) is 5.26. The predicted octanol–water partition coefficient (Wildman–Crippen LogP) is 2.18. The lowest BCUT2D eigenvalue weighted by atomic mass is 9.91. The number of rotatable bonds is 0. The Balaban J connectivity index is 2.48. The van der Waals surface area contributed by atoms with Crippen molar-refractivity contribution in [2.75, 3.05) is 0 Å². The molecule has 3 atom stereocenters. The molecule has 0 aromatic carbocycles. The minimum atomic E-state index is -1.41. The Labute approximate surface area is 91.6 Å². The normalized spacial score (nSPS) is 31.9. The Kier molecular flexibility index (Phi) is 2.80. The summed E-state index contributed by atoms with van der Waals surface area (Å²) >= 11 is 0. The van der Waals surface area contributed by atoms with Crippen LogP contribution >= 0.6 is 9.24 Å². The van der Waals surface area contributed by atoms with Crippen molar-refractivity contribution in [2.45, 2.75) is 38.0 Å². The van der Waals surface area contributed by atoms with Crippen LogP contribution in [0.1, 0.15) is 37.6 Å². The zero-order chi connectivity index (χ0) is 11.1. The van der Waals surface area contributed by atoms with Crippen LogP contribution in [0.2, 0.25) is 0 Å². The molecule has 0 spiro atoms. The fourth-order valence-corrected chi connectivity index (χ4v) is 2.53. The molecule has 0 saturated carbocycles. The maximum absolute atomic E-state index is 14.6. The highest BCUT2D eigenvalue weighted by molar-refractivity contribution is 7.18. The quantitative estimate of drug-likeness (QED) is 0.638. The summed E-state index contributed by atoms with van der Waals surface area (Å²) < 4.78 is 16.3. The summed E-state index contributed by atoms with van der Waals surface area (Å²) in [5.74, 6) is -0.0155. The number of nitrogens with zero attached hydrogens (tertiary/aromatic N) is 3. The van der Waals surface area contributed by atoms with Crippen molar-refractivity contribution in [2.24, 2.45) is 13.0 Å². The Morgan fingerprint density at radius 1 is 1.53 bits per heavy atom. The van der Waals surface area contributed by atoms with Gasteiger partial charge in [0.05, 0.1) is 5.69 Å². The number of fused-ring (bicyclic) bond motifs is 1. The van der Waals surface area contributed by atoms with Crippen molar-refractivity contribution in [3.8, 4) is 0 Å². The first-order chi connectivity index (χ1) is 7.03. The zero-order valence-corrected chi connectivity index (χ0v) is 10.4. The van der Waals surface area contributed by atoms with Crippen molar-refractivity contribution < 1.29 is 4.39 Å². The van der Waals surface area contributed by atoms with E-state index >= 15 is 0 Å². The fraction of sp³-hybridized carbons (Fsp3) is 0.800. The molecule has 1 aromatic heterocycles. The third-order valence-electron chi connectivity index (χ3n) is 3.32. The van der Waals surface area contributed by atoms with Crippen LogP contribution in [-0.2, 0) is 18.9 Å². The topological polar surface area (TPSA) is 30.7 Å². The van der Waals surface area contributed by atoms with Crippen molar-refractivity contribution in [3.63, 3.8) is 0 Å². The molecule has 1 heterocycles. The van der Waals surface area contributed by atoms with E-state index < -0.39 is 5.41 Å². The van der Waals surface area contributed by atoms with Gasteiger partial charge in [-0.2, -0.15) is 0 Å². The van der Waals surface area contributed by atoms with Gasteiger partial charge in [0.1, 0.15) is 5.69 Å². The molecule has 0 amide bonds. The van der Waals surface area contributed by atoms with Gasteiger partial charge < -0.3 is 0 Å². The first kappa shape index (κ1) is 11.0. The van der Waals surface area contributed by atoms with E-state index in [1.807, 2.05) is 14.0 Å². The van der Waals surface area contributed by atoms with Gasteiger partial charge in [-0.1, -0.05) is 27.8 Å². The summed E-state index contributed by atoms with van der Waals surface area (Å²) in [6.45, 7) is 1.94. The molecular formula is C10H17FN3P. The number of aryl methyl sites for hydroxylation is 1. The lowest BCUT2D eigenvalue weighted by Crippen LogP contribution is -2.25. The fourth-order valence-electron chi connectivity index (χ4n) is 2.14. The van der Waals surface area contributed by atoms with Gasteiger partial charge in [-0.05, 0) is 25.2 Å². The molecular weight excluding hydrogens is 212 g/mol. The van der Waals surface area contributed by atoms with Crippen molar-refractivity contribution in [1.82, 2.24) is 15.0 Å². The van der Waals surface area contributed by atoms with Crippen LogP contribution in [0.15, 0.2) is 0 Å². The summed E-state index contributed by atoms with van der Waals surface area (Å²) in [5.41, 5.74) is 1.46. The van der Waals surface area contributed by atoms with Crippen LogP contribution < -0.4 is 0 Å². The van der Waals surface area contributed by atoms with E-state index in [2.05, 4.69) is 19.6 Å². The van der Waals surface area contributed by atoms with Crippen LogP contribution in [0.3, 0.4) is 0 Å². The van der Waals surface area contributed by atoms with E-state index in [4.69, 9.17) is 0 Å². The highest BCUT2D eigenvalue weighted by Gasteiger charge is 2.39. The van der Waals surface area contributed by atoms with Crippen LogP contribution in [0, 0.1) is 5.92 Å². The monoisotopic (exact) mass is 229 g/mol. The molecule has 3 unspecified atom stereocenters. The molecule has 3 nitrogen and oxygen atoms in total. The van der Waals surface area contributed by atoms with Gasteiger partial charge >= 0.3 is 0 Å². The summed E-state index contributed by atoms with van der Waals surface area (Å²) in [6, 6.07) is 0. The summed E-state index contributed by atoms with van der Waals surface area (Å²) in [6.07, 6.45) is 3.97. The van der Waals surface area contributed by atoms with E-state index in [0.717, 1.165) is 31.4 Å². The minimum absolute atomic E-state index is 0.0155. The maximum Gasteiger partial charge on any atom is 0.171 e. The summed E-state index contributed by atoms with van der Waals surface area (Å²) in [5, 5.41) is 6.49. The van der Waals surface area contributed by atoms with Crippen LogP contribution in [0.5, 0.6) is 0 Å². The lowest BCUT2D eigenvalue weighted by molar-refractivity contribution is 0.177. The molecule has 0 N–H and O–H groups in total. The SMILES string of the molecule is CC1CCCCc2c(nnn2C)C1(F)P. The Morgan fingerprint density at radius 2 is 2.27 bits per heavy atom. The second-order valence-electron chi connectivity index (χ2n) is 4.42. The first-order valence-corrected chi connectivity index (χ1v) is 5.98. The highest BCUT2D eigenvalue weighted by Crippen LogP contribution is 2.44. The lowest BCUT2D eigenvalue weighted by Gasteiger charge is -2.28. The molecule has 0 bridgehead atoms. The predicted molar refractivity (Wildman–Crippen MR) is 60.2 cm³/mol. The van der Waals surface area contributed by atoms with Gasteiger partial charge in [0.2, 0.25) is 0 Å². The average Bonchev–Trinajstić information content (AvgIpc) is 2.53. The maximum atomic E-state index is 14.6. The molecule has 2 rings (SSSR count). The summed E-state index contributed by atoms with van der Waals surface area (Å²) in [7, 11) is 4.15. The van der Waals surface area contributed by atoms with Crippen molar-refractivity contribution >= 4 is 9.24 Å². The van der Waals surface area contributed by atoms with Gasteiger partial charge in [-0.3, -0.25) is 4.68 Å². The standard InChI is InChI=1S/C10H17FN3P/c1-7-5-3-4-6-8-9(10(7,11)15)12-13-14(8)2/h7H,3-6,15H2,1-2H3. The Morgan fingerprint density at radius 3 is 3.00 bits per heavy atom. The molecule has 1 aromatic rings. The number of alkyl halides is 1. The van der Waals surface area contributed by atoms with E-state index in [1.54, 1.807) is 4.68 Å². The van der Waals surface area contributed by atoms with E-state index in [0.29, 0.717) is 5.69 Å². The minimum Gasteiger partial charge on any atom is -0.252 e. The van der Waals surface area contributed by atoms with Crippen LogP contribution in [0.4, 0.5) is 4.39 Å². The zero-order valence-electron chi connectivity index (χ0n) is 9.20. The van der Waals surface area contributed by atoms with Gasteiger partial charge in [0.25, 0.3) is 0 Å². The van der Waals surface area contributed by atoms with Gasteiger partial charge in [-0.25, -0.2) is 4.39 Å². The number of halogens is 1. The summed E-state index contributed by atoms with van der Waals surface area (Å²) in [4.78, 5) is 0. The van der Waals surface area contributed by atoms with Crippen LogP contribution in [-0.4, -0.2) is 15.0 Å². The smallest absolute Gasteiger partial charge is 0.171 e. The van der Waals surface area contributed by atoms with Gasteiger partial charge in [0, 0.05) is 7.05 Å². The number of hydrogen-bond donors (Lipinski definition) is 0. The van der Waals surface area contributed by atoms with Gasteiger partial charge in [-0.15, -0.1) is 5.10 Å². The Hall–Kier alpha value is -0.500. The van der Waals surface area contributed by atoms with Crippen molar-refractivity contribution in [1.29, 1.82) is 0 Å². The second kappa shape index (κ2) is 3.82. The van der Waals surface area contributed by atoms with Gasteiger partial charge in [0.15, 0.2) is 5.41 Å². The number of hydrogen-bond acceptors (Lipinski definition) is 2. The molecule has 0 radical (unpaired) electrons. The molecule has 0 aliphatic heterocycles. The highest BCUT2D eigenvalue weighted by atomic mass is 31.0. The third kappa shape index (κ3) is 1.80. The van der Waals surface area contributed by atoms with E-state index in [1.165, 1.54) is 0 Å². The largest absolute Gasteiger partial charge is 0.252 e. The molecule has 84 valence electrons. The molecule has 1 aliphatic carbocycles. The third-order valence-corrected chi connectivity index (χ3v) is 4.17. The van der Waals surface area contributed by atoms with E-state index in [-0.39, 0.29) is 5.92 Å². The van der Waals surface area contributed by atoms with Crippen LogP contribution in [0.25, 0.3) is 0 Å². The molecule has 0 fully saturated rings.